The number of halogens is 1. The molecule has 0 aromatic carbocycles. The summed E-state index contributed by atoms with van der Waals surface area (Å²) in [4.78, 5) is 49.8. The van der Waals surface area contributed by atoms with Crippen molar-refractivity contribution in [2.75, 3.05) is 19.7 Å². The molecule has 10 heteroatoms. The number of hydrogen-bond acceptors (Lipinski definition) is 8. The van der Waals surface area contributed by atoms with Crippen LogP contribution in [0.4, 0.5) is 0 Å². The summed E-state index contributed by atoms with van der Waals surface area (Å²) in [5, 5.41) is 3.27. The van der Waals surface area contributed by atoms with Crippen LogP contribution in [0.3, 0.4) is 0 Å². The predicted molar refractivity (Wildman–Crippen MR) is 128 cm³/mol. The van der Waals surface area contributed by atoms with Crippen LogP contribution in [0.5, 0.6) is 0 Å². The number of carbonyl (C=O) groups excluding carboxylic acids is 3. The van der Waals surface area contributed by atoms with Crippen LogP contribution in [-0.4, -0.2) is 75.6 Å². The Labute approximate surface area is 207 Å². The van der Waals surface area contributed by atoms with Crippen molar-refractivity contribution >= 4 is 40.4 Å². The van der Waals surface area contributed by atoms with Crippen LogP contribution in [0.2, 0.25) is 0 Å². The maximum atomic E-state index is 13.3. The van der Waals surface area contributed by atoms with E-state index in [1.807, 2.05) is 12.1 Å². The third-order valence-corrected chi connectivity index (χ3v) is 8.65. The van der Waals surface area contributed by atoms with Crippen molar-refractivity contribution in [3.63, 3.8) is 0 Å². The smallest absolute Gasteiger partial charge is 0.263 e. The molecule has 34 heavy (non-hydrogen) atoms. The SMILES string of the molecule is Cc1nc(-c2cccnc2)sc1C(=O)NCC(=O)C1CCCCC1N1C[C@H](Cl)[C@H]2OCC(=O)[C@H]21. The molecule has 0 spiro atoms. The second-order valence-corrected chi connectivity index (χ2v) is 10.7. The summed E-state index contributed by atoms with van der Waals surface area (Å²) in [7, 11) is 0. The van der Waals surface area contributed by atoms with Crippen molar-refractivity contribution in [3.05, 3.63) is 35.1 Å². The lowest BCUT2D eigenvalue weighted by atomic mass is 9.80. The standard InChI is InChI=1S/C24H27ClN4O4S/c1-13-22(34-24(28-13)14-5-4-8-26-9-14)23(32)27-10-18(30)15-6-2-3-7-17(15)29-11-16(25)21-20(29)19(31)12-33-21/h4-5,8-9,15-17,20-21H,2-3,6-7,10-12H2,1H3,(H,27,32)/t15?,16-,17?,20+,21+/m0/s1. The fourth-order valence-corrected chi connectivity index (χ4v) is 6.80. The van der Waals surface area contributed by atoms with E-state index in [-0.39, 0.29) is 60.1 Å². The largest absolute Gasteiger partial charge is 0.367 e. The Morgan fingerprint density at radius 2 is 2.15 bits per heavy atom. The Kier molecular flexibility index (Phi) is 6.79. The van der Waals surface area contributed by atoms with E-state index in [0.717, 1.165) is 36.3 Å². The van der Waals surface area contributed by atoms with Crippen LogP contribution in [0.15, 0.2) is 24.5 Å². The summed E-state index contributed by atoms with van der Waals surface area (Å²) in [6, 6.07) is 3.31. The first-order valence-corrected chi connectivity index (χ1v) is 12.9. The molecule has 5 rings (SSSR count). The minimum Gasteiger partial charge on any atom is -0.367 e. The number of thiazole rings is 1. The van der Waals surface area contributed by atoms with Gasteiger partial charge in [-0.3, -0.25) is 24.3 Å². The second kappa shape index (κ2) is 9.81. The van der Waals surface area contributed by atoms with Crippen molar-refractivity contribution in [3.8, 4) is 10.6 Å². The van der Waals surface area contributed by atoms with E-state index < -0.39 is 0 Å². The maximum absolute atomic E-state index is 13.3. The summed E-state index contributed by atoms with van der Waals surface area (Å²) >= 11 is 7.77. The number of amides is 1. The molecule has 3 fully saturated rings. The van der Waals surface area contributed by atoms with Gasteiger partial charge in [0.25, 0.3) is 5.91 Å². The number of Topliss-reactive ketones (excluding diaryl/α,β-unsaturated/α-hetero) is 2. The number of hydrogen-bond donors (Lipinski definition) is 1. The van der Waals surface area contributed by atoms with Crippen molar-refractivity contribution < 1.29 is 19.1 Å². The molecular weight excluding hydrogens is 476 g/mol. The van der Waals surface area contributed by atoms with E-state index >= 15 is 0 Å². The number of fused-ring (bicyclic) bond motifs is 1. The van der Waals surface area contributed by atoms with Gasteiger partial charge in [-0.25, -0.2) is 4.98 Å². The van der Waals surface area contributed by atoms with Gasteiger partial charge in [-0.1, -0.05) is 12.8 Å². The average Bonchev–Trinajstić information content (AvgIpc) is 3.53. The van der Waals surface area contributed by atoms with Crippen molar-refractivity contribution in [1.82, 2.24) is 20.2 Å². The number of aromatic nitrogens is 2. The molecule has 3 aliphatic rings. The van der Waals surface area contributed by atoms with Gasteiger partial charge in [0.15, 0.2) is 11.6 Å². The molecule has 5 atom stereocenters. The molecule has 2 saturated heterocycles. The lowest BCUT2D eigenvalue weighted by molar-refractivity contribution is -0.128. The monoisotopic (exact) mass is 502 g/mol. The molecule has 8 nitrogen and oxygen atoms in total. The number of nitrogens with one attached hydrogen (secondary N) is 1. The topological polar surface area (TPSA) is 101 Å². The highest BCUT2D eigenvalue weighted by Gasteiger charge is 2.53. The molecule has 1 saturated carbocycles. The fourth-order valence-electron chi connectivity index (χ4n) is 5.46. The number of aryl methyl sites for hydroxylation is 1. The molecule has 2 aromatic heterocycles. The number of rotatable bonds is 6. The highest BCUT2D eigenvalue weighted by atomic mass is 35.5. The van der Waals surface area contributed by atoms with Crippen LogP contribution < -0.4 is 5.32 Å². The molecule has 2 unspecified atom stereocenters. The summed E-state index contributed by atoms with van der Waals surface area (Å²) < 4.78 is 5.62. The van der Waals surface area contributed by atoms with Gasteiger partial charge in [0.1, 0.15) is 16.5 Å². The molecule has 180 valence electrons. The summed E-state index contributed by atoms with van der Waals surface area (Å²) in [5.41, 5.74) is 1.48. The zero-order valence-electron chi connectivity index (χ0n) is 18.9. The highest BCUT2D eigenvalue weighted by molar-refractivity contribution is 7.17. The van der Waals surface area contributed by atoms with E-state index in [1.54, 1.807) is 19.3 Å². The van der Waals surface area contributed by atoms with Crippen LogP contribution in [0, 0.1) is 12.8 Å². The van der Waals surface area contributed by atoms with Crippen LogP contribution in [0.25, 0.3) is 10.6 Å². The molecule has 1 aliphatic carbocycles. The minimum atomic E-state index is -0.360. The van der Waals surface area contributed by atoms with Gasteiger partial charge < -0.3 is 10.1 Å². The Hall–Kier alpha value is -2.20. The van der Waals surface area contributed by atoms with E-state index in [0.29, 0.717) is 17.1 Å². The molecule has 1 amide bonds. The van der Waals surface area contributed by atoms with Gasteiger partial charge in [-0.2, -0.15) is 0 Å². The Bertz CT molecular complexity index is 1090. The maximum Gasteiger partial charge on any atom is 0.263 e. The summed E-state index contributed by atoms with van der Waals surface area (Å²) in [6.45, 7) is 2.37. The molecule has 0 bridgehead atoms. The third-order valence-electron chi connectivity index (χ3n) is 7.06. The molecule has 2 aliphatic heterocycles. The van der Waals surface area contributed by atoms with E-state index in [4.69, 9.17) is 16.3 Å². The third kappa shape index (κ3) is 4.42. The van der Waals surface area contributed by atoms with Crippen LogP contribution in [-0.2, 0) is 14.3 Å². The number of nitrogens with zero attached hydrogens (tertiary/aromatic N) is 3. The predicted octanol–water partition coefficient (Wildman–Crippen LogP) is 2.63. The molecule has 4 heterocycles. The lowest BCUT2D eigenvalue weighted by Gasteiger charge is -2.39. The zero-order chi connectivity index (χ0) is 23.8. The van der Waals surface area contributed by atoms with E-state index in [1.165, 1.54) is 11.3 Å². The Balaban J connectivity index is 1.25. The lowest BCUT2D eigenvalue weighted by Crippen LogP contribution is -2.52. The highest BCUT2D eigenvalue weighted by Crippen LogP contribution is 2.38. The van der Waals surface area contributed by atoms with E-state index in [2.05, 4.69) is 20.2 Å². The van der Waals surface area contributed by atoms with Gasteiger partial charge >= 0.3 is 0 Å². The molecular formula is C24H27ClN4O4S. The first-order chi connectivity index (χ1) is 16.4. The Morgan fingerprint density at radius 1 is 1.32 bits per heavy atom. The summed E-state index contributed by atoms with van der Waals surface area (Å²) in [5.74, 6) is -0.497. The first-order valence-electron chi connectivity index (χ1n) is 11.7. The quantitative estimate of drug-likeness (QED) is 0.606. The normalized spacial score (nSPS) is 29.2. The van der Waals surface area contributed by atoms with Gasteiger partial charge in [0.2, 0.25) is 0 Å². The zero-order valence-corrected chi connectivity index (χ0v) is 20.5. The summed E-state index contributed by atoms with van der Waals surface area (Å²) in [6.07, 6.45) is 6.66. The number of ether oxygens (including phenoxy) is 1. The fraction of sp³-hybridized carbons (Fsp3) is 0.542. The molecule has 1 N–H and O–H groups in total. The van der Waals surface area contributed by atoms with Crippen LogP contribution in [0.1, 0.15) is 41.0 Å². The number of alkyl halides is 1. The van der Waals surface area contributed by atoms with Gasteiger partial charge in [-0.15, -0.1) is 22.9 Å². The van der Waals surface area contributed by atoms with Crippen molar-refractivity contribution in [1.29, 1.82) is 0 Å². The molecule has 2 aromatic rings. The van der Waals surface area contributed by atoms with Gasteiger partial charge in [0, 0.05) is 36.5 Å². The minimum absolute atomic E-state index is 0.00589. The number of ketones is 2. The van der Waals surface area contributed by atoms with Gasteiger partial charge in [0.05, 0.1) is 29.8 Å². The average molecular weight is 503 g/mol. The number of likely N-dealkylation sites (tertiary alicyclic amines) is 1. The first kappa shape index (κ1) is 23.5. The number of pyridine rings is 1. The molecule has 0 radical (unpaired) electrons. The Morgan fingerprint density at radius 3 is 2.94 bits per heavy atom. The van der Waals surface area contributed by atoms with Crippen molar-refractivity contribution in [2.24, 2.45) is 5.92 Å². The van der Waals surface area contributed by atoms with Crippen molar-refractivity contribution in [2.45, 2.75) is 56.2 Å². The van der Waals surface area contributed by atoms with Gasteiger partial charge in [-0.05, 0) is 31.9 Å². The van der Waals surface area contributed by atoms with Crippen LogP contribution >= 0.6 is 22.9 Å². The second-order valence-electron chi connectivity index (χ2n) is 9.18. The number of carbonyl (C=O) groups is 3. The van der Waals surface area contributed by atoms with E-state index in [9.17, 15) is 14.4 Å².